The summed E-state index contributed by atoms with van der Waals surface area (Å²) < 4.78 is 1.76. The van der Waals surface area contributed by atoms with E-state index < -0.39 is 17.6 Å². The molecule has 0 aliphatic carbocycles. The fourth-order valence-corrected chi connectivity index (χ4v) is 6.42. The quantitative estimate of drug-likeness (QED) is 0.161. The second-order valence-electron chi connectivity index (χ2n) is 9.88. The van der Waals surface area contributed by atoms with Crippen molar-refractivity contribution in [3.05, 3.63) is 126 Å². The lowest BCUT2D eigenvalue weighted by Crippen LogP contribution is -2.37. The molecule has 1 aromatic heterocycles. The van der Waals surface area contributed by atoms with Crippen molar-refractivity contribution < 1.29 is 9.59 Å². The van der Waals surface area contributed by atoms with E-state index in [9.17, 15) is 14.9 Å². The fraction of sp³-hybridized carbons (Fsp3) is 0.118. The maximum Gasteiger partial charge on any atom is 0.257 e. The zero-order valence-electron chi connectivity index (χ0n) is 22.6. The maximum absolute atomic E-state index is 14.3. The van der Waals surface area contributed by atoms with Gasteiger partial charge in [-0.1, -0.05) is 72.8 Å². The van der Waals surface area contributed by atoms with Gasteiger partial charge in [0.15, 0.2) is 5.92 Å². The Labute approximate surface area is 242 Å². The highest BCUT2D eigenvalue weighted by Gasteiger charge is 2.38. The van der Waals surface area contributed by atoms with E-state index in [4.69, 9.17) is 5.10 Å². The number of amides is 1. The topological polar surface area (TPSA) is 79.0 Å². The van der Waals surface area contributed by atoms with Gasteiger partial charge in [-0.25, -0.2) is 4.68 Å². The molecule has 0 radical (unpaired) electrons. The lowest BCUT2D eigenvalue weighted by Gasteiger charge is -2.27. The molecule has 7 heteroatoms. The maximum atomic E-state index is 14.3. The van der Waals surface area contributed by atoms with Gasteiger partial charge in [0, 0.05) is 27.5 Å². The van der Waals surface area contributed by atoms with E-state index in [0.717, 1.165) is 38.5 Å². The van der Waals surface area contributed by atoms with Crippen molar-refractivity contribution in [2.24, 2.45) is 5.92 Å². The predicted molar refractivity (Wildman–Crippen MR) is 161 cm³/mol. The molecule has 0 saturated heterocycles. The van der Waals surface area contributed by atoms with Gasteiger partial charge < -0.3 is 0 Å². The molecule has 41 heavy (non-hydrogen) atoms. The molecule has 1 amide bonds. The Bertz CT molecular complexity index is 1800. The number of aromatic nitrogens is 2. The van der Waals surface area contributed by atoms with Gasteiger partial charge in [-0.15, -0.1) is 11.8 Å². The number of nitriles is 1. The molecule has 6 rings (SSSR count). The number of fused-ring (bicyclic) bond motifs is 3. The summed E-state index contributed by atoms with van der Waals surface area (Å²) in [7, 11) is 0. The van der Waals surface area contributed by atoms with Crippen molar-refractivity contribution in [1.29, 1.82) is 5.26 Å². The van der Waals surface area contributed by atoms with E-state index in [-0.39, 0.29) is 5.69 Å². The molecule has 0 saturated carbocycles. The number of rotatable bonds is 6. The first-order valence-electron chi connectivity index (χ1n) is 13.3. The number of hydrogen-bond donors (Lipinski definition) is 0. The first-order valence-corrected chi connectivity index (χ1v) is 14.3. The number of ketones is 1. The molecular formula is C34H26N4O2S. The van der Waals surface area contributed by atoms with Gasteiger partial charge >= 0.3 is 0 Å². The number of carbonyl (C=O) groups is 2. The van der Waals surface area contributed by atoms with Crippen molar-refractivity contribution in [3.63, 3.8) is 0 Å². The van der Waals surface area contributed by atoms with Gasteiger partial charge in [0.25, 0.3) is 5.91 Å². The number of carbonyl (C=O) groups excluding carboxylic acids is 2. The fourth-order valence-electron chi connectivity index (χ4n) is 5.35. The average Bonchev–Trinajstić information content (AvgIpc) is 3.40. The molecule has 1 unspecified atom stereocenters. The van der Waals surface area contributed by atoms with Gasteiger partial charge in [-0.3, -0.25) is 14.5 Å². The highest BCUT2D eigenvalue weighted by Crippen LogP contribution is 2.44. The first-order chi connectivity index (χ1) is 20.0. The lowest BCUT2D eigenvalue weighted by atomic mass is 9.95. The largest absolute Gasteiger partial charge is 0.290 e. The Kier molecular flexibility index (Phi) is 7.00. The van der Waals surface area contributed by atoms with E-state index >= 15 is 0 Å². The van der Waals surface area contributed by atoms with Crippen molar-refractivity contribution in [1.82, 2.24) is 9.78 Å². The van der Waals surface area contributed by atoms with Crippen LogP contribution in [-0.2, 0) is 10.5 Å². The summed E-state index contributed by atoms with van der Waals surface area (Å²) in [5.74, 6) is -2.28. The summed E-state index contributed by atoms with van der Waals surface area (Å²) in [6, 6.07) is 34.6. The molecule has 0 fully saturated rings. The molecule has 0 bridgehead atoms. The van der Waals surface area contributed by atoms with Crippen LogP contribution in [0.25, 0.3) is 16.9 Å². The number of nitrogens with zero attached hydrogens (tertiary/aromatic N) is 4. The summed E-state index contributed by atoms with van der Waals surface area (Å²) in [4.78, 5) is 31.1. The van der Waals surface area contributed by atoms with Crippen LogP contribution in [0.5, 0.6) is 0 Å². The third-order valence-electron chi connectivity index (χ3n) is 7.27. The summed E-state index contributed by atoms with van der Waals surface area (Å²) >= 11 is 1.62. The Hall–Kier alpha value is -4.93. The van der Waals surface area contributed by atoms with Gasteiger partial charge in [-0.2, -0.15) is 10.4 Å². The predicted octanol–water partition coefficient (Wildman–Crippen LogP) is 7.45. The van der Waals surface area contributed by atoms with Crippen molar-refractivity contribution >= 4 is 34.8 Å². The van der Waals surface area contributed by atoms with Crippen LogP contribution in [-0.4, -0.2) is 21.5 Å². The SMILES string of the molecule is Cc1cccc(C)c1N(C(=O)C(C#N)C(=O)c1nn(-c2ccccc2)c2c1CSc1ccccc1-2)c1ccccc1. The minimum absolute atomic E-state index is 0.153. The van der Waals surface area contributed by atoms with Crippen LogP contribution in [0, 0.1) is 31.1 Å². The van der Waals surface area contributed by atoms with Gasteiger partial charge in [-0.05, 0) is 55.3 Å². The highest BCUT2D eigenvalue weighted by molar-refractivity contribution is 7.98. The monoisotopic (exact) mass is 554 g/mol. The van der Waals surface area contributed by atoms with Crippen LogP contribution in [0.4, 0.5) is 11.4 Å². The first kappa shape index (κ1) is 26.3. The van der Waals surface area contributed by atoms with E-state index in [1.807, 2.05) is 117 Å². The second-order valence-corrected chi connectivity index (χ2v) is 10.9. The number of aryl methyl sites for hydroxylation is 2. The third-order valence-corrected chi connectivity index (χ3v) is 8.37. The van der Waals surface area contributed by atoms with Crippen LogP contribution in [0.2, 0.25) is 0 Å². The smallest absolute Gasteiger partial charge is 0.257 e. The van der Waals surface area contributed by atoms with Crippen LogP contribution in [0.1, 0.15) is 27.2 Å². The molecule has 1 aliphatic rings. The van der Waals surface area contributed by atoms with Crippen LogP contribution < -0.4 is 4.90 Å². The number of anilines is 2. The molecular weight excluding hydrogens is 528 g/mol. The van der Waals surface area contributed by atoms with Crippen molar-refractivity contribution in [2.45, 2.75) is 24.5 Å². The standard InChI is InChI=1S/C34H26N4O2S/c1-22-12-11-13-23(2)31(22)37(24-14-5-3-6-15-24)34(40)27(20-35)33(39)30-28-21-41-29-19-10-9-18-26(29)32(28)38(36-30)25-16-7-4-8-17-25/h3-19,27H,21H2,1-2H3. The van der Waals surface area contributed by atoms with Gasteiger partial charge in [0.05, 0.1) is 23.1 Å². The normalized spacial score (nSPS) is 12.5. The Morgan fingerprint density at radius 2 is 1.51 bits per heavy atom. The van der Waals surface area contributed by atoms with Crippen LogP contribution in [0.3, 0.4) is 0 Å². The van der Waals surface area contributed by atoms with Crippen molar-refractivity contribution in [2.75, 3.05) is 4.90 Å². The number of hydrogen-bond acceptors (Lipinski definition) is 5. The van der Waals surface area contributed by atoms with E-state index in [2.05, 4.69) is 6.07 Å². The summed E-state index contributed by atoms with van der Waals surface area (Å²) in [5.41, 5.74) is 6.45. The molecule has 5 aromatic rings. The van der Waals surface area contributed by atoms with Crippen LogP contribution >= 0.6 is 11.8 Å². The molecule has 200 valence electrons. The van der Waals surface area contributed by atoms with E-state index in [0.29, 0.717) is 17.1 Å². The minimum atomic E-state index is -1.58. The Morgan fingerprint density at radius 1 is 0.878 bits per heavy atom. The Morgan fingerprint density at radius 3 is 2.20 bits per heavy atom. The molecule has 6 nitrogen and oxygen atoms in total. The number of benzene rings is 4. The second kappa shape index (κ2) is 10.9. The summed E-state index contributed by atoms with van der Waals surface area (Å²) in [6.45, 7) is 3.84. The zero-order chi connectivity index (χ0) is 28.5. The number of thioether (sulfide) groups is 1. The van der Waals surface area contributed by atoms with Crippen LogP contribution in [0.15, 0.2) is 108 Å². The molecule has 0 N–H and O–H groups in total. The molecule has 2 heterocycles. The van der Waals surface area contributed by atoms with Gasteiger partial charge in [0.2, 0.25) is 5.78 Å². The summed E-state index contributed by atoms with van der Waals surface area (Å²) in [6.07, 6.45) is 0. The van der Waals surface area contributed by atoms with Crippen molar-refractivity contribution in [3.8, 4) is 23.0 Å². The number of para-hydroxylation sites is 3. The molecule has 0 spiro atoms. The van der Waals surface area contributed by atoms with E-state index in [1.54, 1.807) is 16.4 Å². The molecule has 4 aromatic carbocycles. The van der Waals surface area contributed by atoms with Gasteiger partial charge in [0.1, 0.15) is 5.69 Å². The zero-order valence-corrected chi connectivity index (χ0v) is 23.4. The Balaban J connectivity index is 1.49. The number of Topliss-reactive ketones (excluding diaryl/α,β-unsaturated/α-hetero) is 1. The average molecular weight is 555 g/mol. The molecule has 1 atom stereocenters. The lowest BCUT2D eigenvalue weighted by molar-refractivity contribution is -0.119. The third kappa shape index (κ3) is 4.62. The minimum Gasteiger partial charge on any atom is -0.290 e. The molecule has 1 aliphatic heterocycles. The summed E-state index contributed by atoms with van der Waals surface area (Å²) in [5, 5.41) is 15.1. The van der Waals surface area contributed by atoms with E-state index in [1.165, 1.54) is 4.90 Å². The highest BCUT2D eigenvalue weighted by atomic mass is 32.2.